The minimum Gasteiger partial charge on any atom is -0.444 e. The molecule has 0 saturated carbocycles. The number of nitrogens with one attached hydrogen (secondary N) is 1. The van der Waals surface area contributed by atoms with Crippen molar-refractivity contribution in [2.45, 2.75) is 32.5 Å². The van der Waals surface area contributed by atoms with E-state index >= 15 is 0 Å². The first-order valence-corrected chi connectivity index (χ1v) is 10.3. The number of nitrogens with zero attached hydrogens (tertiary/aromatic N) is 4. The number of oxazole rings is 1. The van der Waals surface area contributed by atoms with Gasteiger partial charge in [-0.15, -0.1) is 24.0 Å². The summed E-state index contributed by atoms with van der Waals surface area (Å²) in [6, 6.07) is 4.46. The highest BCUT2D eigenvalue weighted by atomic mass is 127. The summed E-state index contributed by atoms with van der Waals surface area (Å²) in [5, 5.41) is 3.21. The van der Waals surface area contributed by atoms with Gasteiger partial charge in [-0.3, -0.25) is 9.89 Å². The molecular weight excluding hydrogens is 541 g/mol. The van der Waals surface area contributed by atoms with E-state index in [1.54, 1.807) is 18.4 Å². The summed E-state index contributed by atoms with van der Waals surface area (Å²) in [6.45, 7) is 5.88. The summed E-state index contributed by atoms with van der Waals surface area (Å²) in [7, 11) is 0. The molecule has 0 amide bonds. The first-order chi connectivity index (χ1) is 14.8. The summed E-state index contributed by atoms with van der Waals surface area (Å²) in [5.41, 5.74) is 1.41. The predicted molar refractivity (Wildman–Crippen MR) is 126 cm³/mol. The molecule has 1 aliphatic heterocycles. The molecule has 0 bridgehead atoms. The first kappa shape index (κ1) is 26.4. The van der Waals surface area contributed by atoms with Gasteiger partial charge in [0.25, 0.3) is 0 Å². The van der Waals surface area contributed by atoms with Crippen LogP contribution in [-0.2, 0) is 6.42 Å². The molecule has 1 aliphatic rings. The number of halogens is 5. The van der Waals surface area contributed by atoms with Crippen LogP contribution in [-0.4, -0.2) is 72.2 Å². The van der Waals surface area contributed by atoms with Crippen LogP contribution in [0.15, 0.2) is 39.9 Å². The number of alkyl halides is 3. The second kappa shape index (κ2) is 11.8. The maximum absolute atomic E-state index is 13.1. The number of rotatable bonds is 6. The van der Waals surface area contributed by atoms with Crippen molar-refractivity contribution >= 4 is 29.9 Å². The highest BCUT2D eigenvalue weighted by Gasteiger charge is 2.41. The van der Waals surface area contributed by atoms with E-state index in [0.29, 0.717) is 63.1 Å². The van der Waals surface area contributed by atoms with Gasteiger partial charge >= 0.3 is 6.18 Å². The molecule has 6 nitrogen and oxygen atoms in total. The van der Waals surface area contributed by atoms with Gasteiger partial charge in [-0.2, -0.15) is 13.2 Å². The summed E-state index contributed by atoms with van der Waals surface area (Å²) in [6.07, 6.45) is -2.12. The number of benzene rings is 1. The van der Waals surface area contributed by atoms with Gasteiger partial charge in [0.1, 0.15) is 18.1 Å². The van der Waals surface area contributed by atoms with E-state index in [1.807, 2.05) is 11.8 Å². The van der Waals surface area contributed by atoms with E-state index < -0.39 is 12.2 Å². The first-order valence-electron chi connectivity index (χ1n) is 10.3. The van der Waals surface area contributed by atoms with Gasteiger partial charge in [0, 0.05) is 51.3 Å². The van der Waals surface area contributed by atoms with Crippen molar-refractivity contribution in [3.05, 3.63) is 42.0 Å². The standard InChI is InChI=1S/C21H27F4N5O.HI/c1-3-26-20(30-12-10-29(11-13-30)15(2)21(23,24)25)27-9-8-18-14-31-19(28-18)16-4-6-17(22)7-5-16;/h4-7,14-15H,3,8-13H2,1-2H3,(H,26,27);1H. The van der Waals surface area contributed by atoms with Crippen molar-refractivity contribution in [3.63, 3.8) is 0 Å². The zero-order valence-corrected chi connectivity index (χ0v) is 20.4. The molecule has 0 spiro atoms. The number of guanidine groups is 1. The van der Waals surface area contributed by atoms with Crippen molar-refractivity contribution in [2.75, 3.05) is 39.3 Å². The van der Waals surface area contributed by atoms with Gasteiger partial charge in [-0.1, -0.05) is 0 Å². The van der Waals surface area contributed by atoms with Crippen LogP contribution in [0.5, 0.6) is 0 Å². The highest BCUT2D eigenvalue weighted by molar-refractivity contribution is 14.0. The molecule has 1 aromatic carbocycles. The summed E-state index contributed by atoms with van der Waals surface area (Å²) in [4.78, 5) is 12.4. The molecule has 11 heteroatoms. The van der Waals surface area contributed by atoms with Crippen LogP contribution in [0.25, 0.3) is 11.5 Å². The van der Waals surface area contributed by atoms with Crippen molar-refractivity contribution in [1.29, 1.82) is 0 Å². The summed E-state index contributed by atoms with van der Waals surface area (Å²) in [5.74, 6) is 0.777. The number of piperazine rings is 1. The van der Waals surface area contributed by atoms with Crippen LogP contribution in [0.3, 0.4) is 0 Å². The smallest absolute Gasteiger partial charge is 0.403 e. The normalized spacial score (nSPS) is 16.6. The van der Waals surface area contributed by atoms with Crippen LogP contribution in [0.2, 0.25) is 0 Å². The SMILES string of the molecule is CCNC(=NCCc1coc(-c2ccc(F)cc2)n1)N1CCN(C(C)C(F)(F)F)CC1.I. The Morgan fingerprint density at radius 3 is 2.44 bits per heavy atom. The number of aromatic nitrogens is 1. The Kier molecular flexibility index (Phi) is 9.74. The molecule has 32 heavy (non-hydrogen) atoms. The topological polar surface area (TPSA) is 56.9 Å². The molecule has 2 aromatic rings. The van der Waals surface area contributed by atoms with Crippen molar-refractivity contribution < 1.29 is 22.0 Å². The zero-order valence-electron chi connectivity index (χ0n) is 18.0. The van der Waals surface area contributed by atoms with Gasteiger partial charge in [-0.25, -0.2) is 9.37 Å². The third-order valence-corrected chi connectivity index (χ3v) is 5.24. The minimum atomic E-state index is -4.22. The van der Waals surface area contributed by atoms with E-state index in [-0.39, 0.29) is 29.8 Å². The average molecular weight is 569 g/mol. The molecule has 178 valence electrons. The lowest BCUT2D eigenvalue weighted by atomic mass is 10.2. The average Bonchev–Trinajstić information content (AvgIpc) is 3.21. The van der Waals surface area contributed by atoms with Crippen molar-refractivity contribution in [2.24, 2.45) is 4.99 Å². The molecule has 1 fully saturated rings. The molecule has 0 aliphatic carbocycles. The summed E-state index contributed by atoms with van der Waals surface area (Å²) >= 11 is 0. The van der Waals surface area contributed by atoms with Crippen molar-refractivity contribution in [3.8, 4) is 11.5 Å². The lowest BCUT2D eigenvalue weighted by Crippen LogP contribution is -2.56. The summed E-state index contributed by atoms with van der Waals surface area (Å²) < 4.78 is 57.4. The fourth-order valence-electron chi connectivity index (χ4n) is 3.38. The van der Waals surface area contributed by atoms with E-state index in [9.17, 15) is 17.6 Å². The van der Waals surface area contributed by atoms with E-state index in [0.717, 1.165) is 5.69 Å². The van der Waals surface area contributed by atoms with E-state index in [1.165, 1.54) is 24.0 Å². The second-order valence-corrected chi connectivity index (χ2v) is 7.38. The number of aliphatic imine (C=N–C) groups is 1. The maximum atomic E-state index is 13.1. The molecule has 3 rings (SSSR count). The highest BCUT2D eigenvalue weighted by Crippen LogP contribution is 2.25. The van der Waals surface area contributed by atoms with Gasteiger partial charge < -0.3 is 14.6 Å². The van der Waals surface area contributed by atoms with Gasteiger partial charge in [-0.05, 0) is 38.1 Å². The van der Waals surface area contributed by atoms with Gasteiger partial charge in [0.05, 0.1) is 5.69 Å². The number of hydrogen-bond acceptors (Lipinski definition) is 4. The van der Waals surface area contributed by atoms with E-state index in [2.05, 4.69) is 15.3 Å². The lowest BCUT2D eigenvalue weighted by molar-refractivity contribution is -0.181. The fourth-order valence-corrected chi connectivity index (χ4v) is 3.38. The molecule has 0 radical (unpaired) electrons. The van der Waals surface area contributed by atoms with Gasteiger partial charge in [0.15, 0.2) is 5.96 Å². The van der Waals surface area contributed by atoms with Crippen LogP contribution >= 0.6 is 24.0 Å². The minimum absolute atomic E-state index is 0. The molecule has 2 heterocycles. The third kappa shape index (κ3) is 7.06. The zero-order chi connectivity index (χ0) is 22.4. The molecule has 1 unspecified atom stereocenters. The molecule has 1 aromatic heterocycles. The predicted octanol–water partition coefficient (Wildman–Crippen LogP) is 4.18. The second-order valence-electron chi connectivity index (χ2n) is 7.38. The Morgan fingerprint density at radius 2 is 1.84 bits per heavy atom. The molecule has 1 atom stereocenters. The lowest BCUT2D eigenvalue weighted by Gasteiger charge is -2.39. The van der Waals surface area contributed by atoms with Crippen LogP contribution in [0, 0.1) is 5.82 Å². The van der Waals surface area contributed by atoms with E-state index in [4.69, 9.17) is 4.42 Å². The molecule has 1 saturated heterocycles. The fraction of sp³-hybridized carbons (Fsp3) is 0.524. The van der Waals surface area contributed by atoms with Crippen LogP contribution in [0.4, 0.5) is 17.6 Å². The van der Waals surface area contributed by atoms with Crippen molar-refractivity contribution in [1.82, 2.24) is 20.1 Å². The largest absolute Gasteiger partial charge is 0.444 e. The maximum Gasteiger partial charge on any atom is 0.403 e. The quantitative estimate of drug-likeness (QED) is 0.245. The Balaban J connectivity index is 0.00000363. The Morgan fingerprint density at radius 1 is 1.19 bits per heavy atom. The van der Waals surface area contributed by atoms with Gasteiger partial charge in [0.2, 0.25) is 5.89 Å². The van der Waals surface area contributed by atoms with Crippen LogP contribution in [0.1, 0.15) is 19.5 Å². The molecule has 1 N–H and O–H groups in total. The Hall–Kier alpha value is -1.89. The molecular formula is C21H28F4IN5O. The Bertz CT molecular complexity index is 864. The Labute approximate surface area is 202 Å². The monoisotopic (exact) mass is 569 g/mol. The third-order valence-electron chi connectivity index (χ3n) is 5.24. The van der Waals surface area contributed by atoms with Crippen LogP contribution < -0.4 is 5.32 Å². The number of hydrogen-bond donors (Lipinski definition) is 1.